The summed E-state index contributed by atoms with van der Waals surface area (Å²) >= 11 is 0. The van der Waals surface area contributed by atoms with Crippen LogP contribution in [0.2, 0.25) is 0 Å². The number of aliphatic carboxylic acids is 2. The van der Waals surface area contributed by atoms with Gasteiger partial charge >= 0.3 is 11.9 Å². The van der Waals surface area contributed by atoms with E-state index in [0.717, 1.165) is 5.56 Å². The first-order valence-electron chi connectivity index (χ1n) is 4.71. The van der Waals surface area contributed by atoms with Crippen LogP contribution in [0.1, 0.15) is 17.2 Å². The second-order valence-corrected chi connectivity index (χ2v) is 3.59. The van der Waals surface area contributed by atoms with Crippen molar-refractivity contribution in [3.63, 3.8) is 0 Å². The normalized spacial score (nSPS) is 12.4. The van der Waals surface area contributed by atoms with Crippen molar-refractivity contribution in [3.05, 3.63) is 35.4 Å². The number of aryl methyl sites for hydroxylation is 1. The summed E-state index contributed by atoms with van der Waals surface area (Å²) in [6, 6.07) is 5.75. The van der Waals surface area contributed by atoms with Gasteiger partial charge in [-0.25, -0.2) is 0 Å². The highest BCUT2D eigenvalue weighted by atomic mass is 16.4. The third-order valence-electron chi connectivity index (χ3n) is 2.35. The van der Waals surface area contributed by atoms with Crippen LogP contribution < -0.4 is 5.73 Å². The van der Waals surface area contributed by atoms with Crippen molar-refractivity contribution in [2.24, 2.45) is 11.7 Å². The van der Waals surface area contributed by atoms with Crippen molar-refractivity contribution in [2.45, 2.75) is 13.0 Å². The Hall–Kier alpha value is -1.88. The molecular formula is C11H13NO4. The molecule has 0 saturated heterocycles. The number of benzene rings is 1. The van der Waals surface area contributed by atoms with Crippen LogP contribution in [-0.4, -0.2) is 22.2 Å². The largest absolute Gasteiger partial charge is 0.481 e. The number of rotatable bonds is 4. The van der Waals surface area contributed by atoms with Crippen LogP contribution in [0, 0.1) is 12.8 Å². The van der Waals surface area contributed by atoms with Gasteiger partial charge in [0.1, 0.15) is 0 Å². The average molecular weight is 223 g/mol. The van der Waals surface area contributed by atoms with Gasteiger partial charge < -0.3 is 15.9 Å². The fourth-order valence-corrected chi connectivity index (χ4v) is 1.39. The van der Waals surface area contributed by atoms with E-state index in [-0.39, 0.29) is 0 Å². The summed E-state index contributed by atoms with van der Waals surface area (Å²) in [5.74, 6) is -4.48. The highest BCUT2D eigenvalue weighted by Crippen LogP contribution is 2.20. The van der Waals surface area contributed by atoms with Gasteiger partial charge in [0.2, 0.25) is 0 Å². The maximum Gasteiger partial charge on any atom is 0.319 e. The molecule has 86 valence electrons. The molecule has 0 amide bonds. The molecule has 1 unspecified atom stereocenters. The van der Waals surface area contributed by atoms with Crippen LogP contribution in [0.3, 0.4) is 0 Å². The van der Waals surface area contributed by atoms with Crippen LogP contribution in [-0.2, 0) is 9.59 Å². The van der Waals surface area contributed by atoms with Crippen LogP contribution in [0.4, 0.5) is 0 Å². The molecule has 16 heavy (non-hydrogen) atoms. The van der Waals surface area contributed by atoms with E-state index in [2.05, 4.69) is 0 Å². The average Bonchev–Trinajstić information content (AvgIpc) is 2.17. The van der Waals surface area contributed by atoms with Crippen molar-refractivity contribution in [1.82, 2.24) is 0 Å². The van der Waals surface area contributed by atoms with Gasteiger partial charge in [-0.1, -0.05) is 29.8 Å². The molecule has 0 aliphatic heterocycles. The SMILES string of the molecule is Cc1ccc(C(N)C(C(=O)O)C(=O)O)cc1. The number of hydrogen-bond donors (Lipinski definition) is 3. The second-order valence-electron chi connectivity index (χ2n) is 3.59. The number of hydrogen-bond acceptors (Lipinski definition) is 3. The lowest BCUT2D eigenvalue weighted by atomic mass is 9.93. The number of carboxylic acid groups (broad SMARTS) is 2. The van der Waals surface area contributed by atoms with Crippen molar-refractivity contribution in [2.75, 3.05) is 0 Å². The Bertz CT molecular complexity index is 385. The van der Waals surface area contributed by atoms with Crippen LogP contribution in [0.15, 0.2) is 24.3 Å². The summed E-state index contributed by atoms with van der Waals surface area (Å²) in [5.41, 5.74) is 7.13. The number of carbonyl (C=O) groups is 2. The van der Waals surface area contributed by atoms with E-state index in [4.69, 9.17) is 15.9 Å². The summed E-state index contributed by atoms with van der Waals surface area (Å²) in [5, 5.41) is 17.5. The van der Waals surface area contributed by atoms with Gasteiger partial charge in [-0.2, -0.15) is 0 Å². The van der Waals surface area contributed by atoms with Crippen LogP contribution in [0.5, 0.6) is 0 Å². The standard InChI is InChI=1S/C11H13NO4/c1-6-2-4-7(5-3-6)9(12)8(10(13)14)11(15)16/h2-5,8-9H,12H2,1H3,(H,13,14)(H,15,16). The lowest BCUT2D eigenvalue weighted by molar-refractivity contribution is -0.155. The van der Waals surface area contributed by atoms with Gasteiger partial charge in [0.25, 0.3) is 0 Å². The summed E-state index contributed by atoms with van der Waals surface area (Å²) < 4.78 is 0. The van der Waals surface area contributed by atoms with E-state index < -0.39 is 23.9 Å². The highest BCUT2D eigenvalue weighted by Gasteiger charge is 2.33. The van der Waals surface area contributed by atoms with Crippen molar-refractivity contribution < 1.29 is 19.8 Å². The molecule has 0 aliphatic rings. The van der Waals surface area contributed by atoms with Crippen molar-refractivity contribution >= 4 is 11.9 Å². The minimum absolute atomic E-state index is 0.500. The number of carboxylic acids is 2. The lowest BCUT2D eigenvalue weighted by Crippen LogP contribution is -2.34. The molecule has 0 aromatic heterocycles. The predicted octanol–water partition coefficient (Wildman–Crippen LogP) is 0.780. The zero-order valence-corrected chi connectivity index (χ0v) is 8.75. The van der Waals surface area contributed by atoms with Crippen LogP contribution in [0.25, 0.3) is 0 Å². The van der Waals surface area contributed by atoms with Gasteiger partial charge in [0.15, 0.2) is 5.92 Å². The quantitative estimate of drug-likeness (QED) is 0.655. The Labute approximate surface area is 92.5 Å². The number of nitrogens with two attached hydrogens (primary N) is 1. The summed E-state index contributed by atoms with van der Waals surface area (Å²) in [6.45, 7) is 1.88. The first-order valence-corrected chi connectivity index (χ1v) is 4.71. The first kappa shape index (κ1) is 12.2. The van der Waals surface area contributed by atoms with E-state index in [9.17, 15) is 9.59 Å². The Morgan fingerprint density at radius 1 is 1.12 bits per heavy atom. The molecule has 0 heterocycles. The van der Waals surface area contributed by atoms with Gasteiger partial charge in [0, 0.05) is 0 Å². The molecule has 4 N–H and O–H groups in total. The monoisotopic (exact) mass is 223 g/mol. The smallest absolute Gasteiger partial charge is 0.319 e. The van der Waals surface area contributed by atoms with E-state index in [0.29, 0.717) is 5.56 Å². The maximum absolute atomic E-state index is 10.8. The Kier molecular flexibility index (Phi) is 3.63. The molecule has 0 bridgehead atoms. The molecule has 1 atom stereocenters. The second kappa shape index (κ2) is 4.76. The fraction of sp³-hybridized carbons (Fsp3) is 0.273. The molecule has 1 aromatic rings. The molecule has 5 heteroatoms. The molecular weight excluding hydrogens is 210 g/mol. The zero-order valence-electron chi connectivity index (χ0n) is 8.75. The zero-order chi connectivity index (χ0) is 12.3. The molecule has 0 fully saturated rings. The molecule has 0 spiro atoms. The van der Waals surface area contributed by atoms with Crippen molar-refractivity contribution in [3.8, 4) is 0 Å². The van der Waals surface area contributed by atoms with Crippen LogP contribution >= 0.6 is 0 Å². The molecule has 5 nitrogen and oxygen atoms in total. The third-order valence-corrected chi connectivity index (χ3v) is 2.35. The minimum Gasteiger partial charge on any atom is -0.481 e. The Balaban J connectivity index is 2.99. The predicted molar refractivity (Wildman–Crippen MR) is 56.9 cm³/mol. The Morgan fingerprint density at radius 3 is 1.94 bits per heavy atom. The molecule has 1 aromatic carbocycles. The third kappa shape index (κ3) is 2.58. The van der Waals surface area contributed by atoms with E-state index >= 15 is 0 Å². The first-order chi connectivity index (χ1) is 7.43. The molecule has 0 radical (unpaired) electrons. The highest BCUT2D eigenvalue weighted by molar-refractivity contribution is 5.93. The van der Waals surface area contributed by atoms with E-state index in [1.165, 1.54) is 0 Å². The maximum atomic E-state index is 10.8. The van der Waals surface area contributed by atoms with Gasteiger partial charge in [-0.15, -0.1) is 0 Å². The van der Waals surface area contributed by atoms with E-state index in [1.54, 1.807) is 24.3 Å². The van der Waals surface area contributed by atoms with Gasteiger partial charge in [0.05, 0.1) is 6.04 Å². The van der Waals surface area contributed by atoms with Crippen molar-refractivity contribution in [1.29, 1.82) is 0 Å². The van der Waals surface area contributed by atoms with Gasteiger partial charge in [-0.3, -0.25) is 9.59 Å². The molecule has 0 aliphatic carbocycles. The lowest BCUT2D eigenvalue weighted by Gasteiger charge is -2.16. The van der Waals surface area contributed by atoms with E-state index in [1.807, 2.05) is 6.92 Å². The molecule has 0 saturated carbocycles. The van der Waals surface area contributed by atoms with Gasteiger partial charge in [-0.05, 0) is 12.5 Å². The Morgan fingerprint density at radius 2 is 1.56 bits per heavy atom. The summed E-state index contributed by atoms with van der Waals surface area (Å²) in [6.07, 6.45) is 0. The summed E-state index contributed by atoms with van der Waals surface area (Å²) in [7, 11) is 0. The summed E-state index contributed by atoms with van der Waals surface area (Å²) in [4.78, 5) is 21.5. The fourth-order valence-electron chi connectivity index (χ4n) is 1.39. The topological polar surface area (TPSA) is 101 Å². The minimum atomic E-state index is -1.62. The molecule has 1 rings (SSSR count).